The maximum Gasteiger partial charge on any atom is 0.420 e. The summed E-state index contributed by atoms with van der Waals surface area (Å²) in [5, 5.41) is 2.43. The largest absolute Gasteiger partial charge is 0.467 e. The molecule has 2 aromatic carbocycles. The van der Waals surface area contributed by atoms with Crippen LogP contribution in [0.15, 0.2) is 62.2 Å². The molecule has 0 saturated heterocycles. The lowest BCUT2D eigenvalue weighted by atomic mass is 10.2. The van der Waals surface area contributed by atoms with E-state index in [1.54, 1.807) is 30.3 Å². The van der Waals surface area contributed by atoms with Crippen molar-refractivity contribution in [3.05, 3.63) is 69.1 Å². The predicted molar refractivity (Wildman–Crippen MR) is 104 cm³/mol. The van der Waals surface area contributed by atoms with Gasteiger partial charge < -0.3 is 19.2 Å². The van der Waals surface area contributed by atoms with E-state index in [4.69, 9.17) is 13.9 Å². The fourth-order valence-electron chi connectivity index (χ4n) is 2.62. The summed E-state index contributed by atoms with van der Waals surface area (Å²) in [6, 6.07) is 13.0. The molecule has 0 aliphatic carbocycles. The van der Waals surface area contributed by atoms with Crippen LogP contribution in [0.2, 0.25) is 0 Å². The third kappa shape index (κ3) is 4.61. The van der Waals surface area contributed by atoms with Crippen LogP contribution in [0.3, 0.4) is 0 Å². The number of halogens is 1. The number of aromatic nitrogens is 1. The summed E-state index contributed by atoms with van der Waals surface area (Å²) >= 11 is 3.33. The highest BCUT2D eigenvalue weighted by atomic mass is 79.9. The highest BCUT2D eigenvalue weighted by Crippen LogP contribution is 2.19. The van der Waals surface area contributed by atoms with Gasteiger partial charge in [-0.1, -0.05) is 46.3 Å². The number of ether oxygens (including phenoxy) is 2. The smallest absolute Gasteiger partial charge is 0.420 e. The Bertz CT molecular complexity index is 1040. The van der Waals surface area contributed by atoms with Crippen LogP contribution in [0.4, 0.5) is 4.79 Å². The fraction of sp³-hybridized carbons (Fsp3) is 0.211. The van der Waals surface area contributed by atoms with Gasteiger partial charge in [-0.2, -0.15) is 0 Å². The standard InChI is InChI=1S/C19H17BrN2O6/c1-26-17(23)14(21-18(24)27-11-12-5-3-2-4-6-12)10-22-15-9-13(20)7-8-16(15)28-19(22)25/h2-9,14H,10-11H2,1H3,(H,21,24)/t14-/m1/s1. The molecule has 146 valence electrons. The van der Waals surface area contributed by atoms with Gasteiger partial charge in [0, 0.05) is 4.47 Å². The minimum Gasteiger partial charge on any atom is -0.467 e. The number of hydrogen-bond donors (Lipinski definition) is 1. The topological polar surface area (TPSA) is 99.8 Å². The summed E-state index contributed by atoms with van der Waals surface area (Å²) in [6.45, 7) is -0.127. The number of fused-ring (bicyclic) bond motifs is 1. The van der Waals surface area contributed by atoms with Gasteiger partial charge in [0.2, 0.25) is 0 Å². The van der Waals surface area contributed by atoms with Crippen molar-refractivity contribution in [3.8, 4) is 0 Å². The van der Waals surface area contributed by atoms with Gasteiger partial charge in [-0.15, -0.1) is 0 Å². The molecule has 8 nitrogen and oxygen atoms in total. The van der Waals surface area contributed by atoms with Crippen molar-refractivity contribution in [3.63, 3.8) is 0 Å². The summed E-state index contributed by atoms with van der Waals surface area (Å²) in [5.74, 6) is -1.37. The SMILES string of the molecule is COC(=O)[C@@H](Cn1c(=O)oc2ccc(Br)cc21)NC(=O)OCc1ccccc1. The molecule has 3 rings (SSSR count). The van der Waals surface area contributed by atoms with Gasteiger partial charge in [0.05, 0.1) is 19.2 Å². The lowest BCUT2D eigenvalue weighted by Gasteiger charge is -2.16. The Morgan fingerprint density at radius 3 is 2.68 bits per heavy atom. The fourth-order valence-corrected chi connectivity index (χ4v) is 2.97. The maximum absolute atomic E-state index is 12.2. The molecule has 1 heterocycles. The highest BCUT2D eigenvalue weighted by molar-refractivity contribution is 9.10. The Balaban J connectivity index is 1.75. The van der Waals surface area contributed by atoms with Crippen molar-refractivity contribution >= 4 is 39.1 Å². The first-order valence-corrected chi connectivity index (χ1v) is 9.11. The van der Waals surface area contributed by atoms with Crippen LogP contribution in [-0.2, 0) is 27.4 Å². The van der Waals surface area contributed by atoms with Crippen molar-refractivity contribution in [1.82, 2.24) is 9.88 Å². The lowest BCUT2D eigenvalue weighted by molar-refractivity contribution is -0.143. The number of carbonyl (C=O) groups is 2. The Hall–Kier alpha value is -3.07. The van der Waals surface area contributed by atoms with E-state index >= 15 is 0 Å². The first-order chi connectivity index (χ1) is 13.5. The summed E-state index contributed by atoms with van der Waals surface area (Å²) in [4.78, 5) is 36.4. The minimum absolute atomic E-state index is 0.0438. The van der Waals surface area contributed by atoms with E-state index < -0.39 is 23.9 Å². The molecular formula is C19H17BrN2O6. The van der Waals surface area contributed by atoms with E-state index in [0.29, 0.717) is 11.1 Å². The zero-order valence-corrected chi connectivity index (χ0v) is 16.5. The molecule has 0 bridgehead atoms. The van der Waals surface area contributed by atoms with Crippen LogP contribution in [0.1, 0.15) is 5.56 Å². The van der Waals surface area contributed by atoms with E-state index in [2.05, 4.69) is 21.2 Å². The van der Waals surface area contributed by atoms with Gasteiger partial charge in [0.1, 0.15) is 12.6 Å². The summed E-state index contributed by atoms with van der Waals surface area (Å²) in [7, 11) is 1.19. The van der Waals surface area contributed by atoms with Crippen LogP contribution < -0.4 is 11.1 Å². The zero-order chi connectivity index (χ0) is 20.1. The number of rotatable bonds is 6. The first kappa shape index (κ1) is 19.7. The van der Waals surface area contributed by atoms with Gasteiger partial charge in [0.15, 0.2) is 5.58 Å². The highest BCUT2D eigenvalue weighted by Gasteiger charge is 2.25. The molecule has 28 heavy (non-hydrogen) atoms. The van der Waals surface area contributed by atoms with Crippen molar-refractivity contribution in [1.29, 1.82) is 0 Å². The molecule has 0 aliphatic rings. The van der Waals surface area contributed by atoms with Gasteiger partial charge in [0.25, 0.3) is 0 Å². The van der Waals surface area contributed by atoms with E-state index in [1.165, 1.54) is 11.7 Å². The summed E-state index contributed by atoms with van der Waals surface area (Å²) < 4.78 is 17.0. The zero-order valence-electron chi connectivity index (χ0n) is 14.9. The van der Waals surface area contributed by atoms with Crippen LogP contribution >= 0.6 is 15.9 Å². The molecule has 0 radical (unpaired) electrons. The minimum atomic E-state index is -1.13. The summed E-state index contributed by atoms with van der Waals surface area (Å²) in [6.07, 6.45) is -0.804. The Morgan fingerprint density at radius 1 is 1.21 bits per heavy atom. The van der Waals surface area contributed by atoms with Crippen LogP contribution in [0.5, 0.6) is 0 Å². The number of amides is 1. The van der Waals surface area contributed by atoms with Gasteiger partial charge in [-0.3, -0.25) is 4.57 Å². The maximum atomic E-state index is 12.2. The molecule has 9 heteroatoms. The van der Waals surface area contributed by atoms with E-state index in [-0.39, 0.29) is 13.2 Å². The average molecular weight is 449 g/mol. The van der Waals surface area contributed by atoms with Gasteiger partial charge in [-0.25, -0.2) is 14.4 Å². The monoisotopic (exact) mass is 448 g/mol. The van der Waals surface area contributed by atoms with Crippen LogP contribution in [0, 0.1) is 0 Å². The van der Waals surface area contributed by atoms with Gasteiger partial charge >= 0.3 is 17.8 Å². The van der Waals surface area contributed by atoms with E-state index in [1.807, 2.05) is 18.2 Å². The van der Waals surface area contributed by atoms with Crippen molar-refractivity contribution in [2.24, 2.45) is 0 Å². The number of methoxy groups -OCH3 is 1. The van der Waals surface area contributed by atoms with Gasteiger partial charge in [-0.05, 0) is 23.8 Å². The summed E-state index contributed by atoms with van der Waals surface area (Å²) in [5.41, 5.74) is 1.64. The molecule has 0 spiro atoms. The van der Waals surface area contributed by atoms with Crippen LogP contribution in [0.25, 0.3) is 11.1 Å². The van der Waals surface area contributed by atoms with Crippen molar-refractivity contribution in [2.75, 3.05) is 7.11 Å². The Morgan fingerprint density at radius 2 is 1.96 bits per heavy atom. The molecule has 0 aliphatic heterocycles. The number of nitrogens with zero attached hydrogens (tertiary/aromatic N) is 1. The first-order valence-electron chi connectivity index (χ1n) is 8.32. The molecule has 1 atom stereocenters. The third-order valence-corrected chi connectivity index (χ3v) is 4.48. The molecule has 0 unspecified atom stereocenters. The number of alkyl carbamates (subject to hydrolysis) is 1. The molecule has 1 amide bonds. The number of hydrogen-bond acceptors (Lipinski definition) is 6. The Labute approximate surface area is 168 Å². The molecule has 1 aromatic heterocycles. The second-order valence-corrected chi connectivity index (χ2v) is 6.79. The molecule has 0 saturated carbocycles. The quantitative estimate of drug-likeness (QED) is 0.581. The second kappa shape index (κ2) is 8.75. The number of oxazole rings is 1. The lowest BCUT2D eigenvalue weighted by Crippen LogP contribution is -2.45. The second-order valence-electron chi connectivity index (χ2n) is 5.87. The van der Waals surface area contributed by atoms with Crippen molar-refractivity contribution in [2.45, 2.75) is 19.2 Å². The number of benzene rings is 2. The molecule has 1 N–H and O–H groups in total. The van der Waals surface area contributed by atoms with Crippen molar-refractivity contribution < 1.29 is 23.5 Å². The number of carbonyl (C=O) groups excluding carboxylic acids is 2. The number of nitrogens with one attached hydrogen (secondary N) is 1. The van der Waals surface area contributed by atoms with E-state index in [0.717, 1.165) is 10.0 Å². The average Bonchev–Trinajstić information content (AvgIpc) is 3.00. The van der Waals surface area contributed by atoms with Crippen LogP contribution in [-0.4, -0.2) is 29.8 Å². The normalized spacial score (nSPS) is 11.8. The predicted octanol–water partition coefficient (Wildman–Crippen LogP) is 2.83. The third-order valence-electron chi connectivity index (χ3n) is 3.99. The molecule has 0 fully saturated rings. The molecule has 3 aromatic rings. The Kier molecular flexibility index (Phi) is 6.15. The molecular weight excluding hydrogens is 432 g/mol. The number of esters is 1. The van der Waals surface area contributed by atoms with E-state index in [9.17, 15) is 14.4 Å².